The molecule has 1 unspecified atom stereocenters. The number of amides is 2. The van der Waals surface area contributed by atoms with E-state index in [0.717, 1.165) is 18.4 Å². The number of hydrazone groups is 1. The Morgan fingerprint density at radius 3 is 2.47 bits per heavy atom. The molecule has 7 nitrogen and oxygen atoms in total. The van der Waals surface area contributed by atoms with E-state index in [9.17, 15) is 22.8 Å². The van der Waals surface area contributed by atoms with Gasteiger partial charge in [0, 0.05) is 30.0 Å². The Morgan fingerprint density at radius 2 is 1.86 bits per heavy atom. The monoisotopic (exact) mass is 505 g/mol. The number of methoxy groups -OCH3 is 1. The van der Waals surface area contributed by atoms with Gasteiger partial charge < -0.3 is 14.8 Å². The molecule has 1 atom stereocenters. The molecule has 3 rings (SSSR count). The highest BCUT2D eigenvalue weighted by atomic mass is 19.4. The van der Waals surface area contributed by atoms with Crippen molar-refractivity contribution in [3.8, 4) is 11.5 Å². The smallest absolute Gasteiger partial charge is 0.493 e. The lowest BCUT2D eigenvalue weighted by Crippen LogP contribution is -2.36. The molecule has 0 saturated carbocycles. The summed E-state index contributed by atoms with van der Waals surface area (Å²) in [6.07, 6.45) is -1.76. The molecule has 194 valence electrons. The molecule has 0 radical (unpaired) electrons. The number of carbonyl (C=O) groups is 2. The maximum absolute atomic E-state index is 12.8. The van der Waals surface area contributed by atoms with Crippen molar-refractivity contribution in [3.63, 3.8) is 0 Å². The number of benzene rings is 2. The first-order valence-electron chi connectivity index (χ1n) is 11.8. The summed E-state index contributed by atoms with van der Waals surface area (Å²) < 4.78 is 47.2. The number of carbonyl (C=O) groups excluding carboxylic acids is 2. The van der Waals surface area contributed by atoms with Crippen LogP contribution in [0.5, 0.6) is 11.5 Å². The fourth-order valence-corrected chi connectivity index (χ4v) is 3.90. The van der Waals surface area contributed by atoms with Crippen molar-refractivity contribution in [2.75, 3.05) is 12.4 Å². The Bertz CT molecular complexity index is 1100. The van der Waals surface area contributed by atoms with Crippen LogP contribution in [0.3, 0.4) is 0 Å². The highest BCUT2D eigenvalue weighted by Crippen LogP contribution is 2.35. The highest BCUT2D eigenvalue weighted by Gasteiger charge is 2.33. The predicted octanol–water partition coefficient (Wildman–Crippen LogP) is 5.89. The summed E-state index contributed by atoms with van der Waals surface area (Å²) in [5.41, 5.74) is 2.64. The third kappa shape index (κ3) is 7.22. The van der Waals surface area contributed by atoms with Crippen molar-refractivity contribution in [3.05, 3.63) is 53.6 Å². The fourth-order valence-electron chi connectivity index (χ4n) is 3.90. The lowest BCUT2D eigenvalue weighted by atomic mass is 9.89. The van der Waals surface area contributed by atoms with Gasteiger partial charge in [0.2, 0.25) is 11.8 Å². The molecule has 10 heteroatoms. The topological polar surface area (TPSA) is 80.2 Å². The van der Waals surface area contributed by atoms with Crippen LogP contribution in [0, 0.1) is 5.92 Å². The van der Waals surface area contributed by atoms with Gasteiger partial charge in [-0.25, -0.2) is 5.01 Å². The van der Waals surface area contributed by atoms with Gasteiger partial charge in [0.25, 0.3) is 0 Å². The molecule has 0 aromatic heterocycles. The van der Waals surface area contributed by atoms with Crippen LogP contribution in [-0.4, -0.2) is 36.0 Å². The molecule has 2 aromatic rings. The summed E-state index contributed by atoms with van der Waals surface area (Å²) in [7, 11) is 1.26. The van der Waals surface area contributed by atoms with Crippen molar-refractivity contribution in [2.45, 2.75) is 58.9 Å². The first-order chi connectivity index (χ1) is 17.1. The van der Waals surface area contributed by atoms with Gasteiger partial charge in [-0.15, -0.1) is 13.2 Å². The summed E-state index contributed by atoms with van der Waals surface area (Å²) in [5.74, 6) is -0.909. The molecule has 0 spiro atoms. The maximum atomic E-state index is 12.8. The van der Waals surface area contributed by atoms with E-state index in [-0.39, 0.29) is 36.4 Å². The first kappa shape index (κ1) is 27.0. The molecule has 1 N–H and O–H groups in total. The van der Waals surface area contributed by atoms with Gasteiger partial charge in [0.15, 0.2) is 11.5 Å². The number of unbranched alkanes of at least 4 members (excludes halogenated alkanes) is 1. The zero-order chi connectivity index (χ0) is 26.3. The highest BCUT2D eigenvalue weighted by molar-refractivity contribution is 6.06. The average Bonchev–Trinajstić information content (AvgIpc) is 2.84. The molecular formula is C26H30F3N3O4. The Morgan fingerprint density at radius 1 is 1.14 bits per heavy atom. The second kappa shape index (κ2) is 11.9. The van der Waals surface area contributed by atoms with Crippen molar-refractivity contribution < 1.29 is 32.2 Å². The van der Waals surface area contributed by atoms with E-state index in [4.69, 9.17) is 4.74 Å². The number of nitrogens with one attached hydrogen (secondary N) is 1. The zero-order valence-electron chi connectivity index (χ0n) is 20.5. The Labute approximate surface area is 208 Å². The van der Waals surface area contributed by atoms with Crippen LogP contribution in [0.1, 0.15) is 57.1 Å². The van der Waals surface area contributed by atoms with Gasteiger partial charge in [-0.1, -0.05) is 32.4 Å². The summed E-state index contributed by atoms with van der Waals surface area (Å²) in [6.45, 7) is 4.17. The number of hydrogen-bond acceptors (Lipinski definition) is 5. The number of anilines is 1. The molecule has 1 aliphatic heterocycles. The number of nitrogens with zero attached hydrogens (tertiary/aromatic N) is 2. The second-order valence-corrected chi connectivity index (χ2v) is 8.51. The van der Waals surface area contributed by atoms with Crippen molar-refractivity contribution in [1.29, 1.82) is 0 Å². The molecule has 0 aliphatic carbocycles. The van der Waals surface area contributed by atoms with Crippen molar-refractivity contribution in [1.82, 2.24) is 5.01 Å². The summed E-state index contributed by atoms with van der Waals surface area (Å²) in [6, 6.07) is 11.3. The number of halogens is 3. The van der Waals surface area contributed by atoms with Gasteiger partial charge in [0.05, 0.1) is 19.4 Å². The second-order valence-electron chi connectivity index (χ2n) is 8.51. The lowest BCUT2D eigenvalue weighted by molar-refractivity contribution is -0.275. The van der Waals surface area contributed by atoms with Crippen LogP contribution < -0.4 is 14.8 Å². The molecule has 0 fully saturated rings. The largest absolute Gasteiger partial charge is 0.573 e. The molecule has 36 heavy (non-hydrogen) atoms. The van der Waals surface area contributed by atoms with Crippen molar-refractivity contribution in [2.24, 2.45) is 11.0 Å². The van der Waals surface area contributed by atoms with E-state index in [2.05, 4.69) is 15.2 Å². The minimum atomic E-state index is -4.85. The summed E-state index contributed by atoms with van der Waals surface area (Å²) >= 11 is 0. The van der Waals surface area contributed by atoms with Crippen LogP contribution in [0.25, 0.3) is 0 Å². The molecule has 2 amide bonds. The fraction of sp³-hybridized carbons (Fsp3) is 0.423. The number of hydrogen-bond donors (Lipinski definition) is 1. The van der Waals surface area contributed by atoms with Crippen LogP contribution in [-0.2, 0) is 16.1 Å². The van der Waals surface area contributed by atoms with E-state index in [0.29, 0.717) is 29.8 Å². The molecule has 1 aliphatic rings. The Hall–Kier alpha value is -3.56. The van der Waals surface area contributed by atoms with Gasteiger partial charge in [-0.05, 0) is 48.7 Å². The standard InChI is InChI=1S/C26H30F3N3O4/c1-4-6-7-23(33)30-20-11-8-17(9-12-20)16-32-24(34)15-18(5-2)25(31-32)19-10-13-21(22(14-19)35-3)36-26(27,28)29/h8-14,18H,4-7,15-16H2,1-3H3,(H,30,33). The van der Waals surface area contributed by atoms with Gasteiger partial charge >= 0.3 is 6.36 Å². The quantitative estimate of drug-likeness (QED) is 0.437. The normalized spacial score (nSPS) is 15.9. The average molecular weight is 506 g/mol. The third-order valence-corrected chi connectivity index (χ3v) is 5.83. The predicted molar refractivity (Wildman–Crippen MR) is 130 cm³/mol. The SMILES string of the molecule is CCCCC(=O)Nc1ccc(CN2N=C(c3ccc(OC(F)(F)F)c(OC)c3)C(CC)CC2=O)cc1. The lowest BCUT2D eigenvalue weighted by Gasteiger charge is -2.29. The third-order valence-electron chi connectivity index (χ3n) is 5.83. The molecule has 1 heterocycles. The zero-order valence-corrected chi connectivity index (χ0v) is 20.5. The molecule has 0 saturated heterocycles. The van der Waals surface area contributed by atoms with E-state index >= 15 is 0 Å². The number of rotatable bonds is 10. The maximum Gasteiger partial charge on any atom is 0.573 e. The minimum Gasteiger partial charge on any atom is -0.493 e. The van der Waals surface area contributed by atoms with Crippen LogP contribution in [0.4, 0.5) is 18.9 Å². The summed E-state index contributed by atoms with van der Waals surface area (Å²) in [4.78, 5) is 24.7. The van der Waals surface area contributed by atoms with E-state index in [1.807, 2.05) is 26.0 Å². The van der Waals surface area contributed by atoms with Crippen LogP contribution in [0.15, 0.2) is 47.6 Å². The van der Waals surface area contributed by atoms with Crippen LogP contribution >= 0.6 is 0 Å². The Balaban J connectivity index is 1.80. The van der Waals surface area contributed by atoms with Crippen molar-refractivity contribution >= 4 is 23.2 Å². The molecule has 0 bridgehead atoms. The van der Waals surface area contributed by atoms with Gasteiger partial charge in [0.1, 0.15) is 0 Å². The minimum absolute atomic E-state index is 0.0438. The number of ether oxygens (including phenoxy) is 2. The van der Waals surface area contributed by atoms with E-state index < -0.39 is 12.1 Å². The van der Waals surface area contributed by atoms with Gasteiger partial charge in [-0.3, -0.25) is 9.59 Å². The summed E-state index contributed by atoms with van der Waals surface area (Å²) in [5, 5.41) is 8.79. The van der Waals surface area contributed by atoms with E-state index in [1.54, 1.807) is 12.1 Å². The molecular weight excluding hydrogens is 475 g/mol. The number of alkyl halides is 3. The first-order valence-corrected chi connectivity index (χ1v) is 11.8. The van der Waals surface area contributed by atoms with E-state index in [1.165, 1.54) is 30.3 Å². The molecule has 2 aromatic carbocycles. The van der Waals surface area contributed by atoms with Crippen LogP contribution in [0.2, 0.25) is 0 Å². The Kier molecular flexibility index (Phi) is 8.95. The van der Waals surface area contributed by atoms with Gasteiger partial charge in [-0.2, -0.15) is 5.10 Å².